The minimum atomic E-state index is -0.614. The lowest BCUT2D eigenvalue weighted by Crippen LogP contribution is -2.66. The zero-order chi connectivity index (χ0) is 22.9. The van der Waals surface area contributed by atoms with Crippen molar-refractivity contribution in [3.05, 3.63) is 11.8 Å². The number of primary amides is 1. The van der Waals surface area contributed by atoms with Crippen LogP contribution in [-0.4, -0.2) is 64.1 Å². The maximum Gasteiger partial charge on any atom is 0.369 e. The van der Waals surface area contributed by atoms with Crippen molar-refractivity contribution in [3.8, 4) is 5.88 Å². The van der Waals surface area contributed by atoms with Crippen molar-refractivity contribution in [2.24, 2.45) is 5.73 Å². The fourth-order valence-electron chi connectivity index (χ4n) is 3.54. The van der Waals surface area contributed by atoms with E-state index in [-0.39, 0.29) is 12.6 Å². The average Bonchev–Trinajstić information content (AvgIpc) is 3.20. The van der Waals surface area contributed by atoms with E-state index < -0.39 is 17.9 Å². The van der Waals surface area contributed by atoms with Gasteiger partial charge in [0.25, 0.3) is 5.88 Å². The van der Waals surface area contributed by atoms with E-state index in [1.165, 1.54) is 12.8 Å². The number of rotatable bonds is 13. The summed E-state index contributed by atoms with van der Waals surface area (Å²) in [6.45, 7) is 6.22. The number of esters is 1. The van der Waals surface area contributed by atoms with Gasteiger partial charge in [-0.15, -0.1) is 4.37 Å². The summed E-state index contributed by atoms with van der Waals surface area (Å²) in [5.41, 5.74) is 10.8. The fourth-order valence-corrected chi connectivity index (χ4v) is 4.07. The highest BCUT2D eigenvalue weighted by Crippen LogP contribution is 2.31. The lowest BCUT2D eigenvalue weighted by Gasteiger charge is -2.41. The highest BCUT2D eigenvalue weighted by molar-refractivity contribution is 6.99. The number of carbonyl (C=O) groups is 2. The van der Waals surface area contributed by atoms with E-state index in [0.717, 1.165) is 48.8 Å². The second-order valence-electron chi connectivity index (χ2n) is 8.44. The summed E-state index contributed by atoms with van der Waals surface area (Å²) in [7, 11) is 2.07. The number of ether oxygens (including phenoxy) is 2. The largest absolute Gasteiger partial charge is 0.475 e. The number of likely N-dealkylation sites (N-methyl/N-ethyl adjacent to an activating group) is 1. The van der Waals surface area contributed by atoms with Crippen LogP contribution >= 0.6 is 11.7 Å². The zero-order valence-electron chi connectivity index (χ0n) is 19.0. The molecule has 1 aliphatic rings. The van der Waals surface area contributed by atoms with Crippen LogP contribution in [0.4, 0.5) is 0 Å². The van der Waals surface area contributed by atoms with Gasteiger partial charge < -0.3 is 20.9 Å². The van der Waals surface area contributed by atoms with Crippen molar-refractivity contribution in [1.29, 1.82) is 0 Å². The van der Waals surface area contributed by atoms with Crippen LogP contribution in [0.1, 0.15) is 64.5 Å². The Kier molecular flexibility index (Phi) is 9.86. The van der Waals surface area contributed by atoms with Gasteiger partial charge >= 0.3 is 5.97 Å². The molecule has 1 aromatic rings. The number of amides is 1. The number of aromatic nitrogens is 2. The molecule has 0 aromatic carbocycles. The van der Waals surface area contributed by atoms with Gasteiger partial charge in [-0.25, -0.2) is 4.79 Å². The van der Waals surface area contributed by atoms with Crippen LogP contribution in [0.5, 0.6) is 5.88 Å². The quantitative estimate of drug-likeness (QED) is 0.263. The number of nitrogens with zero attached hydrogens (tertiary/aromatic N) is 3. The first kappa shape index (κ1) is 25.2. The van der Waals surface area contributed by atoms with Gasteiger partial charge in [-0.05, 0) is 6.42 Å². The molecule has 0 spiro atoms. The second-order valence-corrected chi connectivity index (χ2v) is 8.97. The minimum Gasteiger partial charge on any atom is -0.475 e. The summed E-state index contributed by atoms with van der Waals surface area (Å²) < 4.78 is 21.0. The predicted molar refractivity (Wildman–Crippen MR) is 119 cm³/mol. The molecular formula is C21H37N5O4S+2. The van der Waals surface area contributed by atoms with E-state index >= 15 is 0 Å². The van der Waals surface area contributed by atoms with Crippen molar-refractivity contribution in [1.82, 2.24) is 8.75 Å². The highest BCUT2D eigenvalue weighted by atomic mass is 32.1. The predicted octanol–water partition coefficient (Wildman–Crippen LogP) is 1.50. The van der Waals surface area contributed by atoms with E-state index in [4.69, 9.17) is 15.2 Å². The molecule has 5 N–H and O–H groups in total. The van der Waals surface area contributed by atoms with Crippen molar-refractivity contribution in [2.45, 2.75) is 71.1 Å². The van der Waals surface area contributed by atoms with Crippen LogP contribution in [0.2, 0.25) is 0 Å². The first-order chi connectivity index (χ1) is 14.8. The molecule has 2 heterocycles. The second kappa shape index (κ2) is 12.1. The monoisotopic (exact) mass is 455 g/mol. The number of hydrogen-bond acceptors (Lipinski definition) is 7. The fraction of sp³-hybridized carbons (Fsp3) is 0.714. The SMILES string of the molecule is CCCCCCOc1nsnc1C1=CCC[N+](C)([C@@H](C)OC(=O)[C@@H]([NH3+])CCC(N)=O)C1. The van der Waals surface area contributed by atoms with Gasteiger partial charge in [0.15, 0.2) is 6.04 Å². The van der Waals surface area contributed by atoms with Crippen LogP contribution in [-0.2, 0) is 14.3 Å². The van der Waals surface area contributed by atoms with Crippen LogP contribution < -0.4 is 16.2 Å². The Morgan fingerprint density at radius 1 is 1.32 bits per heavy atom. The Labute approximate surface area is 188 Å². The Hall–Kier alpha value is -2.04. The maximum atomic E-state index is 12.4. The summed E-state index contributed by atoms with van der Waals surface area (Å²) in [5, 5.41) is 0. The summed E-state index contributed by atoms with van der Waals surface area (Å²) in [6.07, 6.45) is 7.62. The lowest BCUT2D eigenvalue weighted by atomic mass is 10.0. The van der Waals surface area contributed by atoms with Gasteiger partial charge in [0.1, 0.15) is 12.2 Å². The smallest absolute Gasteiger partial charge is 0.369 e. The van der Waals surface area contributed by atoms with Gasteiger partial charge in [-0.2, -0.15) is 4.37 Å². The molecule has 0 bridgehead atoms. The van der Waals surface area contributed by atoms with Crippen molar-refractivity contribution >= 4 is 29.2 Å². The van der Waals surface area contributed by atoms with Gasteiger partial charge in [0.05, 0.1) is 31.9 Å². The third-order valence-electron chi connectivity index (χ3n) is 5.80. The van der Waals surface area contributed by atoms with Crippen molar-refractivity contribution in [3.63, 3.8) is 0 Å². The standard InChI is InChI=1S/C21H35N5O4S/c1-4-5-6-7-13-29-20-19(24-31-25-20)16-9-8-12-26(3,14-16)15(2)30-21(28)17(22)10-11-18(23)27/h9,15,17H,4-8,10-14,22H2,1-3H3,(H-,23,27)/p+2/t15-,17+,26?/m1/s1. The van der Waals surface area contributed by atoms with E-state index in [1.807, 2.05) is 6.92 Å². The van der Waals surface area contributed by atoms with Crippen LogP contribution in [0, 0.1) is 0 Å². The van der Waals surface area contributed by atoms with Crippen molar-refractivity contribution < 1.29 is 29.3 Å². The van der Waals surface area contributed by atoms with Gasteiger partial charge in [-0.3, -0.25) is 9.28 Å². The molecule has 10 heteroatoms. The molecule has 0 radical (unpaired) electrons. The molecule has 174 valence electrons. The molecular weight excluding hydrogens is 418 g/mol. The molecule has 1 amide bonds. The molecule has 1 unspecified atom stereocenters. The average molecular weight is 456 g/mol. The Bertz CT molecular complexity index is 769. The molecule has 0 saturated heterocycles. The number of unbranched alkanes of at least 4 members (excludes halogenated alkanes) is 3. The molecule has 0 aliphatic carbocycles. The number of hydrogen-bond donors (Lipinski definition) is 2. The van der Waals surface area contributed by atoms with Gasteiger partial charge in [-0.1, -0.05) is 32.3 Å². The Balaban J connectivity index is 1.96. The van der Waals surface area contributed by atoms with E-state index in [0.29, 0.717) is 29.9 Å². The van der Waals surface area contributed by atoms with E-state index in [1.54, 1.807) is 0 Å². The van der Waals surface area contributed by atoms with Crippen LogP contribution in [0.3, 0.4) is 0 Å². The first-order valence-corrected chi connectivity index (χ1v) is 11.8. The summed E-state index contributed by atoms with van der Waals surface area (Å²) in [4.78, 5) is 23.4. The van der Waals surface area contributed by atoms with Crippen LogP contribution in [0.25, 0.3) is 5.57 Å². The Morgan fingerprint density at radius 2 is 2.10 bits per heavy atom. The topological polar surface area (TPSA) is 132 Å². The van der Waals surface area contributed by atoms with Crippen LogP contribution in [0.15, 0.2) is 6.08 Å². The maximum absolute atomic E-state index is 12.4. The number of quaternary nitrogens is 2. The number of nitrogens with two attached hydrogens (primary N) is 1. The molecule has 3 atom stereocenters. The third-order valence-corrected chi connectivity index (χ3v) is 6.31. The van der Waals surface area contributed by atoms with E-state index in [2.05, 4.69) is 34.5 Å². The zero-order valence-corrected chi connectivity index (χ0v) is 19.8. The molecule has 0 saturated carbocycles. The number of carbonyl (C=O) groups excluding carboxylic acids is 2. The molecule has 0 fully saturated rings. The summed E-state index contributed by atoms with van der Waals surface area (Å²) in [5.74, 6) is -0.259. The lowest BCUT2D eigenvalue weighted by molar-refractivity contribution is -0.944. The van der Waals surface area contributed by atoms with E-state index in [9.17, 15) is 9.59 Å². The summed E-state index contributed by atoms with van der Waals surface area (Å²) >= 11 is 1.15. The third kappa shape index (κ3) is 7.55. The Morgan fingerprint density at radius 3 is 2.81 bits per heavy atom. The van der Waals surface area contributed by atoms with Gasteiger partial charge in [0, 0.05) is 31.8 Å². The van der Waals surface area contributed by atoms with Crippen molar-refractivity contribution in [2.75, 3.05) is 26.7 Å². The molecule has 31 heavy (non-hydrogen) atoms. The first-order valence-electron chi connectivity index (χ1n) is 11.1. The molecule has 1 aliphatic heterocycles. The molecule has 2 rings (SSSR count). The van der Waals surface area contributed by atoms with Gasteiger partial charge in [0.2, 0.25) is 12.1 Å². The minimum absolute atomic E-state index is 0.120. The molecule has 9 nitrogen and oxygen atoms in total. The normalized spacial score (nSPS) is 20.6. The molecule has 1 aromatic heterocycles. The summed E-state index contributed by atoms with van der Waals surface area (Å²) in [6, 6.07) is -0.614. The highest BCUT2D eigenvalue weighted by Gasteiger charge is 2.38.